The number of ether oxygens (including phenoxy) is 4. The van der Waals surface area contributed by atoms with Crippen molar-refractivity contribution in [1.29, 1.82) is 0 Å². The molecule has 12 atom stereocenters. The second-order valence-corrected chi connectivity index (χ2v) is 17.3. The lowest BCUT2D eigenvalue weighted by molar-refractivity contribution is -0.277. The second-order valence-electron chi connectivity index (χ2n) is 16.7. The first-order valence-electron chi connectivity index (χ1n) is 21.0. The van der Waals surface area contributed by atoms with Crippen LogP contribution in [0.15, 0.2) is 78.9 Å². The topological polar surface area (TPSA) is 265 Å². The number of alkyl halides is 2. The number of fused-ring (bicyclic) bond motifs is 6. The van der Waals surface area contributed by atoms with E-state index in [0.29, 0.717) is 32.9 Å². The number of rotatable bonds is 10. The molecule has 17 nitrogen and oxygen atoms in total. The zero-order valence-electron chi connectivity index (χ0n) is 34.4. The summed E-state index contributed by atoms with van der Waals surface area (Å²) in [4.78, 5) is 32.5. The number of amides is 2. The lowest BCUT2D eigenvalue weighted by Crippen LogP contribution is -2.60. The van der Waals surface area contributed by atoms with Crippen LogP contribution in [-0.4, -0.2) is 152 Å². The largest absolute Gasteiger partial charge is 0.461 e. The van der Waals surface area contributed by atoms with Crippen LogP contribution in [0.4, 0.5) is 17.1 Å². The second kappa shape index (κ2) is 18.1. The molecule has 5 aromatic rings. The molecule has 4 aliphatic heterocycles. The number of benzene rings is 5. The first-order valence-corrected chi connectivity index (χ1v) is 22.1. The van der Waals surface area contributed by atoms with Gasteiger partial charge in [0.05, 0.1) is 24.6 Å². The Bertz CT molecular complexity index is 2460. The van der Waals surface area contributed by atoms with Gasteiger partial charge in [-0.1, -0.05) is 48.5 Å². The monoisotopic (exact) mass is 935 g/mol. The maximum Gasteiger partial charge on any atom is 0.258 e. The Balaban J connectivity index is 1.06. The number of hydrogen-bond donors (Lipinski definition) is 9. The Morgan fingerprint density at radius 1 is 0.585 bits per heavy atom. The molecule has 0 aliphatic carbocycles. The number of carbonyl (C=O) groups is 2. The summed E-state index contributed by atoms with van der Waals surface area (Å²) < 4.78 is 23.7. The van der Waals surface area contributed by atoms with Crippen LogP contribution in [0.3, 0.4) is 0 Å². The number of halogens is 2. The molecule has 10 unspecified atom stereocenters. The van der Waals surface area contributed by atoms with Crippen molar-refractivity contribution in [3.63, 3.8) is 0 Å². The predicted octanol–water partition coefficient (Wildman–Crippen LogP) is 1.90. The maximum absolute atomic E-state index is 14.8. The SMILES string of the molecule is Nc1cc(C(=O)N2C[C@@H](CCl)c3c2cc(OC2OC(CO)C(O)C(O)C2O)c2ccccc32)cc(C(=O)N2C[C@@H](CCl)c3c2cc(OC2OC(CO)C(O)C(O)C2O)c2ccccc32)c1. The summed E-state index contributed by atoms with van der Waals surface area (Å²) in [6, 6.07) is 22.0. The van der Waals surface area contributed by atoms with Crippen LogP contribution in [0, 0.1) is 0 Å². The molecule has 4 heterocycles. The van der Waals surface area contributed by atoms with Crippen LogP contribution >= 0.6 is 23.2 Å². The van der Waals surface area contributed by atoms with Gasteiger partial charge in [-0.3, -0.25) is 9.59 Å². The summed E-state index contributed by atoms with van der Waals surface area (Å²) in [5, 5.41) is 85.5. The number of aliphatic hydroxyl groups excluding tert-OH is 8. The van der Waals surface area contributed by atoms with E-state index in [4.69, 9.17) is 47.9 Å². The van der Waals surface area contributed by atoms with Gasteiger partial charge in [0.2, 0.25) is 12.6 Å². The molecule has 0 radical (unpaired) electrons. The van der Waals surface area contributed by atoms with Crippen LogP contribution in [0.2, 0.25) is 0 Å². The normalized spacial score (nSPS) is 29.8. The van der Waals surface area contributed by atoms with Gasteiger partial charge in [0, 0.05) is 76.4 Å². The summed E-state index contributed by atoms with van der Waals surface area (Å²) in [5.74, 6) is -1.10. The van der Waals surface area contributed by atoms with Gasteiger partial charge in [-0.15, -0.1) is 23.2 Å². The zero-order chi connectivity index (χ0) is 46.0. The van der Waals surface area contributed by atoms with E-state index >= 15 is 0 Å². The molecule has 2 fully saturated rings. The first-order chi connectivity index (χ1) is 31.3. The van der Waals surface area contributed by atoms with Crippen molar-refractivity contribution >= 4 is 73.6 Å². The van der Waals surface area contributed by atoms with Crippen molar-refractivity contribution in [1.82, 2.24) is 0 Å². The van der Waals surface area contributed by atoms with E-state index in [1.54, 1.807) is 36.4 Å². The maximum atomic E-state index is 14.8. The third-order valence-electron chi connectivity index (χ3n) is 12.8. The first kappa shape index (κ1) is 45.3. The summed E-state index contributed by atoms with van der Waals surface area (Å²) >= 11 is 13.1. The summed E-state index contributed by atoms with van der Waals surface area (Å²) in [6.07, 6.45) is -15.4. The molecular formula is C46H47Cl2N3O14. The van der Waals surface area contributed by atoms with E-state index in [1.807, 2.05) is 24.3 Å². The molecule has 0 saturated carbocycles. The average Bonchev–Trinajstić information content (AvgIpc) is 3.89. The highest BCUT2D eigenvalue weighted by atomic mass is 35.5. The standard InChI is InChI=1S/C46H47Cl2N3O14/c47-14-22-16-50(29-12-31(25-5-1-3-7-27(25)35(22)29)62-45-41(58)39(56)37(54)33(18-52)64-45)43(60)20-9-21(11-24(49)10-20)44(61)51-17-23(15-48)36-28-8-4-2-6-26(28)32(13-30(36)51)63-46-42(59)40(57)38(55)34(19-53)65-46/h1-13,22-23,33-34,37-42,45-46,52-59H,14-19,49H2/t22-,23-,33?,34?,37?,38?,39?,40?,41?,42?,45?,46?/m1/s1. The number of nitrogen functional groups attached to an aromatic ring is 1. The van der Waals surface area contributed by atoms with Crippen molar-refractivity contribution in [2.24, 2.45) is 0 Å². The van der Waals surface area contributed by atoms with Crippen molar-refractivity contribution in [3.05, 3.63) is 101 Å². The number of nitrogens with zero attached hydrogens (tertiary/aromatic N) is 2. The molecule has 0 spiro atoms. The molecule has 0 aromatic heterocycles. The highest BCUT2D eigenvalue weighted by molar-refractivity contribution is 6.20. The minimum absolute atomic E-state index is 0.0811. The van der Waals surface area contributed by atoms with E-state index in [9.17, 15) is 50.4 Å². The van der Waals surface area contributed by atoms with Crippen LogP contribution in [0.1, 0.15) is 43.7 Å². The molecule has 19 heteroatoms. The minimum atomic E-state index is -1.70. The molecule has 9 rings (SSSR count). The summed E-state index contributed by atoms with van der Waals surface area (Å²) in [6.45, 7) is -1.03. The molecule has 2 saturated heterocycles. The van der Waals surface area contributed by atoms with Gasteiger partial charge in [0.15, 0.2) is 0 Å². The Labute approximate surface area is 381 Å². The lowest BCUT2D eigenvalue weighted by atomic mass is 9.95. The third-order valence-corrected chi connectivity index (χ3v) is 13.5. The fourth-order valence-electron chi connectivity index (χ4n) is 9.45. The van der Waals surface area contributed by atoms with Crippen LogP contribution in [0.5, 0.6) is 11.5 Å². The zero-order valence-corrected chi connectivity index (χ0v) is 35.9. The van der Waals surface area contributed by atoms with Crippen molar-refractivity contribution in [2.45, 2.75) is 73.2 Å². The predicted molar refractivity (Wildman–Crippen MR) is 238 cm³/mol. The van der Waals surface area contributed by atoms with E-state index in [0.717, 1.165) is 11.1 Å². The molecule has 2 amide bonds. The van der Waals surface area contributed by atoms with Gasteiger partial charge in [0.1, 0.15) is 60.3 Å². The van der Waals surface area contributed by atoms with Crippen molar-refractivity contribution in [3.8, 4) is 11.5 Å². The smallest absolute Gasteiger partial charge is 0.258 e. The van der Waals surface area contributed by atoms with Crippen molar-refractivity contribution in [2.75, 3.05) is 53.6 Å². The molecule has 10 N–H and O–H groups in total. The minimum Gasteiger partial charge on any atom is -0.461 e. The van der Waals surface area contributed by atoms with Crippen LogP contribution < -0.4 is 25.0 Å². The Kier molecular flexibility index (Phi) is 12.6. The van der Waals surface area contributed by atoms with Gasteiger partial charge >= 0.3 is 0 Å². The number of carbonyl (C=O) groups excluding carboxylic acids is 2. The number of hydrogen-bond acceptors (Lipinski definition) is 15. The fraction of sp³-hybridized carbons (Fsp3) is 0.391. The molecule has 5 aromatic carbocycles. The van der Waals surface area contributed by atoms with E-state index < -0.39 is 86.4 Å². The number of aliphatic hydroxyl groups is 8. The summed E-state index contributed by atoms with van der Waals surface area (Å²) in [5.41, 5.74) is 9.07. The highest BCUT2D eigenvalue weighted by Crippen LogP contribution is 2.49. The molecule has 344 valence electrons. The average molecular weight is 937 g/mol. The van der Waals surface area contributed by atoms with Crippen LogP contribution in [-0.2, 0) is 9.47 Å². The lowest BCUT2D eigenvalue weighted by Gasteiger charge is -2.39. The molecule has 65 heavy (non-hydrogen) atoms. The number of anilines is 3. The summed E-state index contributed by atoms with van der Waals surface area (Å²) in [7, 11) is 0. The number of nitrogens with two attached hydrogens (primary N) is 1. The quantitative estimate of drug-likeness (QED) is 0.0716. The molecular weight excluding hydrogens is 889 g/mol. The molecule has 4 aliphatic rings. The highest BCUT2D eigenvalue weighted by Gasteiger charge is 2.47. The fourth-order valence-corrected chi connectivity index (χ4v) is 9.95. The van der Waals surface area contributed by atoms with E-state index in [-0.39, 0.29) is 65.0 Å². The molecule has 0 bridgehead atoms. The van der Waals surface area contributed by atoms with Gasteiger partial charge in [-0.05, 0) is 40.1 Å². The third kappa shape index (κ3) is 7.82. The van der Waals surface area contributed by atoms with Gasteiger partial charge < -0.3 is 75.3 Å². The van der Waals surface area contributed by atoms with Crippen LogP contribution in [0.25, 0.3) is 21.5 Å². The van der Waals surface area contributed by atoms with E-state index in [2.05, 4.69) is 0 Å². The Morgan fingerprint density at radius 3 is 1.34 bits per heavy atom. The van der Waals surface area contributed by atoms with Gasteiger partial charge in [0.25, 0.3) is 11.8 Å². The van der Waals surface area contributed by atoms with Gasteiger partial charge in [-0.2, -0.15) is 0 Å². The Hall–Kier alpha value is -4.86. The van der Waals surface area contributed by atoms with Crippen molar-refractivity contribution < 1.29 is 69.4 Å². The van der Waals surface area contributed by atoms with E-state index in [1.165, 1.54) is 28.0 Å². The Morgan fingerprint density at radius 2 is 0.969 bits per heavy atom. The van der Waals surface area contributed by atoms with Gasteiger partial charge in [-0.25, -0.2) is 0 Å².